The number of likely N-dealkylation sites (N-methyl/N-ethyl adjacent to an activating group) is 2. The molecule has 7 rings (SSSR count). The molecule has 10 atom stereocenters. The van der Waals surface area contributed by atoms with Crippen molar-refractivity contribution in [1.29, 1.82) is 0 Å². The van der Waals surface area contributed by atoms with Crippen LogP contribution in [-0.2, 0) is 51.5 Å². The van der Waals surface area contributed by atoms with Crippen LogP contribution in [0.3, 0.4) is 0 Å². The Kier molecular flexibility index (Phi) is 18.5. The highest BCUT2D eigenvalue weighted by Gasteiger charge is 2.56. The van der Waals surface area contributed by atoms with Gasteiger partial charge < -0.3 is 51.2 Å². The van der Waals surface area contributed by atoms with E-state index in [1.165, 1.54) is 0 Å². The molecule has 6 amide bonds. The van der Waals surface area contributed by atoms with E-state index in [0.29, 0.717) is 37.2 Å². The molecule has 0 spiro atoms. The zero-order valence-corrected chi connectivity index (χ0v) is 44.5. The second-order valence-electron chi connectivity index (χ2n) is 20.8. The van der Waals surface area contributed by atoms with Gasteiger partial charge in [0.2, 0.25) is 35.4 Å². The van der Waals surface area contributed by atoms with Crippen LogP contribution in [0.2, 0.25) is 0 Å². The maximum Gasteiger partial charge on any atom is 0.246 e. The van der Waals surface area contributed by atoms with E-state index in [4.69, 9.17) is 9.47 Å². The van der Waals surface area contributed by atoms with Gasteiger partial charge in [0.15, 0.2) is 0 Å². The molecular formula is C54H74N8O8S2. The monoisotopic (exact) mass is 1030 g/mol. The number of thioether (sulfide) groups is 2. The van der Waals surface area contributed by atoms with E-state index in [1.54, 1.807) is 61.3 Å². The Bertz CT molecular complexity index is 2200. The average Bonchev–Trinajstić information content (AvgIpc) is 3.69. The minimum absolute atomic E-state index is 0.184. The van der Waals surface area contributed by atoms with E-state index in [1.807, 2.05) is 113 Å². The van der Waals surface area contributed by atoms with Crippen molar-refractivity contribution in [3.8, 4) is 0 Å². The van der Waals surface area contributed by atoms with E-state index >= 15 is 0 Å². The second-order valence-corrected chi connectivity index (χ2v) is 23.4. The van der Waals surface area contributed by atoms with E-state index in [-0.39, 0.29) is 72.6 Å². The highest BCUT2D eigenvalue weighted by Crippen LogP contribution is 2.48. The van der Waals surface area contributed by atoms with Crippen LogP contribution in [-0.4, -0.2) is 131 Å². The van der Waals surface area contributed by atoms with Crippen molar-refractivity contribution in [3.63, 3.8) is 0 Å². The molecule has 72 heavy (non-hydrogen) atoms. The van der Waals surface area contributed by atoms with Crippen LogP contribution in [0.15, 0.2) is 84.9 Å². The molecular weight excluding hydrogens is 953 g/mol. The molecule has 18 heteroatoms. The fourth-order valence-corrected chi connectivity index (χ4v) is 13.3. The summed E-state index contributed by atoms with van der Waals surface area (Å²) in [6.07, 6.45) is 2.27. The number of ether oxygens (including phenoxy) is 2. The predicted octanol–water partition coefficient (Wildman–Crippen LogP) is 4.80. The van der Waals surface area contributed by atoms with Crippen LogP contribution in [0.4, 0.5) is 0 Å². The van der Waals surface area contributed by atoms with Crippen molar-refractivity contribution in [2.45, 2.75) is 140 Å². The normalized spacial score (nSPS) is 25.2. The molecule has 0 saturated carbocycles. The number of nitrogens with one attached hydrogen (secondary N) is 6. The summed E-state index contributed by atoms with van der Waals surface area (Å²) < 4.78 is 12.6. The van der Waals surface area contributed by atoms with Gasteiger partial charge in [-0.2, -0.15) is 0 Å². The lowest BCUT2D eigenvalue weighted by Gasteiger charge is -2.35. The van der Waals surface area contributed by atoms with Crippen molar-refractivity contribution in [3.05, 3.63) is 107 Å². The number of amides is 6. The molecule has 4 fully saturated rings. The van der Waals surface area contributed by atoms with Crippen molar-refractivity contribution in [2.75, 3.05) is 38.8 Å². The first-order valence-electron chi connectivity index (χ1n) is 25.2. The highest BCUT2D eigenvalue weighted by atomic mass is 32.2. The third-order valence-electron chi connectivity index (χ3n) is 14.5. The molecule has 4 aliphatic rings. The van der Waals surface area contributed by atoms with Gasteiger partial charge in [-0.05, 0) is 98.2 Å². The van der Waals surface area contributed by atoms with Gasteiger partial charge in [-0.25, -0.2) is 0 Å². The Morgan fingerprint density at radius 1 is 0.597 bits per heavy atom. The zero-order valence-electron chi connectivity index (χ0n) is 42.9. The third-order valence-corrected chi connectivity index (χ3v) is 17.0. The molecule has 4 aliphatic heterocycles. The third kappa shape index (κ3) is 13.0. The molecule has 390 valence electrons. The lowest BCUT2D eigenvalue weighted by Crippen LogP contribution is -2.58. The van der Waals surface area contributed by atoms with Crippen molar-refractivity contribution in [2.24, 2.45) is 10.8 Å². The van der Waals surface area contributed by atoms with Crippen molar-refractivity contribution in [1.82, 2.24) is 41.7 Å². The minimum Gasteiger partial charge on any atom is -0.374 e. The Hall–Kier alpha value is -4.98. The second kappa shape index (κ2) is 24.4. The van der Waals surface area contributed by atoms with Crippen LogP contribution in [0, 0.1) is 10.8 Å². The smallest absolute Gasteiger partial charge is 0.246 e. The summed E-state index contributed by atoms with van der Waals surface area (Å²) in [5, 5.41) is 17.8. The van der Waals surface area contributed by atoms with E-state index < -0.39 is 59.2 Å². The number of rotatable bonds is 20. The van der Waals surface area contributed by atoms with Gasteiger partial charge in [0.05, 0.1) is 61.3 Å². The summed E-state index contributed by atoms with van der Waals surface area (Å²) in [7, 11) is 3.40. The van der Waals surface area contributed by atoms with E-state index in [0.717, 1.165) is 22.3 Å². The number of fused-ring (bicyclic) bond motifs is 2. The van der Waals surface area contributed by atoms with Gasteiger partial charge in [-0.3, -0.25) is 28.8 Å². The molecule has 0 radical (unpaired) electrons. The molecule has 4 heterocycles. The predicted molar refractivity (Wildman–Crippen MR) is 281 cm³/mol. The number of carbonyl (C=O) groups excluding carboxylic acids is 6. The summed E-state index contributed by atoms with van der Waals surface area (Å²) >= 11 is 3.32. The SMILES string of the molecule is CNC(C)C(=O)N[C@H]1CCS[C@H]2CC(C)(C)[C@@H](C(=O)NC(COCc3ccc(COCC(NC(=O)[C@H]4N5C(=O)[C@@H](NC(=O)C(C)NC)CCS[C@H]5CC4(C)C)c4ccccc4)cc3)c3ccccc3)N2C1=O. The first-order valence-corrected chi connectivity index (χ1v) is 27.3. The van der Waals surface area contributed by atoms with Crippen LogP contribution in [0.25, 0.3) is 0 Å². The number of benzene rings is 3. The van der Waals surface area contributed by atoms with Crippen LogP contribution < -0.4 is 31.9 Å². The van der Waals surface area contributed by atoms with Gasteiger partial charge in [-0.1, -0.05) is 113 Å². The number of hydrogen-bond acceptors (Lipinski definition) is 12. The van der Waals surface area contributed by atoms with Gasteiger partial charge in [0.25, 0.3) is 0 Å². The summed E-state index contributed by atoms with van der Waals surface area (Å²) in [6, 6.07) is 22.4. The Labute approximate surface area is 433 Å². The molecule has 3 aromatic carbocycles. The first kappa shape index (κ1) is 54.8. The van der Waals surface area contributed by atoms with Gasteiger partial charge in [0.1, 0.15) is 24.2 Å². The Balaban J connectivity index is 0.960. The van der Waals surface area contributed by atoms with E-state index in [2.05, 4.69) is 31.9 Å². The molecule has 4 saturated heterocycles. The standard InChI is InChI=1S/C54H74N8O8S2/c1-33(55-7)47(63)57-39-23-25-71-43-27-53(3,4)45(61(43)51(39)67)49(65)59-41(37-15-11-9-12-16-37)31-69-29-35-19-21-36(22-20-35)30-70-32-42(38-17-13-10-14-18-38)60-50(66)46-54(5,6)28-44-62(46)52(68)40(24-26-72-44)58-48(64)34(2)56-8/h9-22,33-34,39-46,55-56H,23-32H2,1-8H3,(H,57,63)(H,58,64)(H,59,65)(H,60,66)/t33?,34?,39-,40-,41?,42?,43-,44-,45+,46+/m0/s1. The largest absolute Gasteiger partial charge is 0.374 e. The lowest BCUT2D eigenvalue weighted by molar-refractivity contribution is -0.144. The van der Waals surface area contributed by atoms with Gasteiger partial charge >= 0.3 is 0 Å². The van der Waals surface area contributed by atoms with Crippen molar-refractivity contribution >= 4 is 59.0 Å². The Morgan fingerprint density at radius 3 is 1.31 bits per heavy atom. The minimum atomic E-state index is -0.750. The van der Waals surface area contributed by atoms with Crippen LogP contribution in [0.5, 0.6) is 0 Å². The quantitative estimate of drug-likeness (QED) is 0.0906. The van der Waals surface area contributed by atoms with Crippen molar-refractivity contribution < 1.29 is 38.2 Å². The topological polar surface area (TPSA) is 200 Å². The fourth-order valence-electron chi connectivity index (χ4n) is 10.2. The molecule has 0 aromatic heterocycles. The maximum absolute atomic E-state index is 14.5. The molecule has 16 nitrogen and oxygen atoms in total. The average molecular weight is 1030 g/mol. The summed E-state index contributed by atoms with van der Waals surface area (Å²) in [4.78, 5) is 86.4. The highest BCUT2D eigenvalue weighted by molar-refractivity contribution is 8.00. The van der Waals surface area contributed by atoms with Crippen LogP contribution >= 0.6 is 23.5 Å². The zero-order chi connectivity index (χ0) is 51.7. The summed E-state index contributed by atoms with van der Waals surface area (Å²) in [5.41, 5.74) is 2.56. The molecule has 0 bridgehead atoms. The number of nitrogens with zero attached hydrogens (tertiary/aromatic N) is 2. The molecule has 6 N–H and O–H groups in total. The lowest BCUT2D eigenvalue weighted by atomic mass is 9.83. The van der Waals surface area contributed by atoms with Crippen LogP contribution in [0.1, 0.15) is 102 Å². The number of hydrogen-bond donors (Lipinski definition) is 6. The van der Waals surface area contributed by atoms with Gasteiger partial charge in [0, 0.05) is 0 Å². The molecule has 4 unspecified atom stereocenters. The first-order chi connectivity index (χ1) is 34.4. The Morgan fingerprint density at radius 2 is 0.958 bits per heavy atom. The molecule has 0 aliphatic carbocycles. The number of carbonyl (C=O) groups is 6. The maximum atomic E-state index is 14.5. The fraction of sp³-hybridized carbons (Fsp3) is 0.556. The van der Waals surface area contributed by atoms with Gasteiger partial charge in [-0.15, -0.1) is 23.5 Å². The molecule has 3 aromatic rings. The van der Waals surface area contributed by atoms with E-state index in [9.17, 15) is 28.8 Å². The summed E-state index contributed by atoms with van der Waals surface area (Å²) in [6.45, 7) is 12.5. The summed E-state index contributed by atoms with van der Waals surface area (Å²) in [5.74, 6) is -0.136.